The molecule has 1 heterocycles. The first-order chi connectivity index (χ1) is 9.73. The van der Waals surface area contributed by atoms with E-state index in [0.717, 1.165) is 6.07 Å². The molecule has 0 spiro atoms. The summed E-state index contributed by atoms with van der Waals surface area (Å²) in [6.45, 7) is 3.46. The van der Waals surface area contributed by atoms with Gasteiger partial charge in [-0.15, -0.1) is 0 Å². The molecular formula is C15H14F3NO2. The van der Waals surface area contributed by atoms with Crippen molar-refractivity contribution in [1.29, 1.82) is 0 Å². The number of aromatic carboxylic acids is 1. The molecule has 0 radical (unpaired) electrons. The summed E-state index contributed by atoms with van der Waals surface area (Å²) in [6.07, 6.45) is -4.49. The van der Waals surface area contributed by atoms with Crippen LogP contribution >= 0.6 is 0 Å². The number of carboxylic acids is 1. The molecular weight excluding hydrogens is 283 g/mol. The quantitative estimate of drug-likeness (QED) is 0.909. The molecule has 2 aromatic rings. The van der Waals surface area contributed by atoms with Crippen molar-refractivity contribution in [3.05, 3.63) is 47.7 Å². The second-order valence-corrected chi connectivity index (χ2v) is 4.92. The number of halogens is 3. The second-order valence-electron chi connectivity index (χ2n) is 4.92. The fourth-order valence-corrected chi connectivity index (χ4v) is 2.35. The Balaban J connectivity index is 2.72. The molecule has 0 atom stereocenters. The van der Waals surface area contributed by atoms with Crippen molar-refractivity contribution in [1.82, 2.24) is 4.57 Å². The van der Waals surface area contributed by atoms with Crippen LogP contribution in [0.25, 0.3) is 11.3 Å². The highest BCUT2D eigenvalue weighted by Gasteiger charge is 2.34. The Morgan fingerprint density at radius 2 is 1.76 bits per heavy atom. The lowest BCUT2D eigenvalue weighted by molar-refractivity contribution is -0.137. The van der Waals surface area contributed by atoms with Crippen molar-refractivity contribution in [2.45, 2.75) is 26.1 Å². The zero-order chi connectivity index (χ0) is 15.8. The number of carboxylic acid groups (broad SMARTS) is 1. The Bertz CT molecular complexity index is 672. The third-order valence-corrected chi connectivity index (χ3v) is 3.16. The summed E-state index contributed by atoms with van der Waals surface area (Å²) in [6, 6.07) is 7.62. The molecule has 0 aliphatic carbocycles. The number of hydrogen-bond acceptors (Lipinski definition) is 1. The van der Waals surface area contributed by atoms with Gasteiger partial charge in [0.15, 0.2) is 0 Å². The van der Waals surface area contributed by atoms with Gasteiger partial charge in [0.25, 0.3) is 0 Å². The molecule has 0 amide bonds. The highest BCUT2D eigenvalue weighted by Crippen LogP contribution is 2.38. The van der Waals surface area contributed by atoms with E-state index < -0.39 is 17.7 Å². The van der Waals surface area contributed by atoms with E-state index in [2.05, 4.69) is 0 Å². The maximum absolute atomic E-state index is 13.1. The predicted octanol–water partition coefficient (Wildman–Crippen LogP) is 4.45. The van der Waals surface area contributed by atoms with Crippen LogP contribution in [0.15, 0.2) is 36.4 Å². The van der Waals surface area contributed by atoms with Crippen LogP contribution in [0.2, 0.25) is 0 Å². The molecule has 3 nitrogen and oxygen atoms in total. The number of hydrogen-bond donors (Lipinski definition) is 1. The van der Waals surface area contributed by atoms with Crippen molar-refractivity contribution >= 4 is 5.97 Å². The molecule has 1 aromatic carbocycles. The minimum Gasteiger partial charge on any atom is -0.477 e. The number of alkyl halides is 3. The van der Waals surface area contributed by atoms with E-state index in [-0.39, 0.29) is 23.0 Å². The summed E-state index contributed by atoms with van der Waals surface area (Å²) < 4.78 is 40.7. The first-order valence-electron chi connectivity index (χ1n) is 6.34. The van der Waals surface area contributed by atoms with E-state index in [1.165, 1.54) is 34.9 Å². The van der Waals surface area contributed by atoms with Crippen LogP contribution in [0.1, 0.15) is 35.9 Å². The maximum atomic E-state index is 13.1. The molecule has 0 unspecified atom stereocenters. The Hall–Kier alpha value is -2.24. The highest BCUT2D eigenvalue weighted by atomic mass is 19.4. The molecule has 1 N–H and O–H groups in total. The first-order valence-corrected chi connectivity index (χ1v) is 6.34. The summed E-state index contributed by atoms with van der Waals surface area (Å²) in [7, 11) is 0. The van der Waals surface area contributed by atoms with Crippen molar-refractivity contribution in [2.24, 2.45) is 0 Å². The van der Waals surface area contributed by atoms with Crippen LogP contribution in [-0.4, -0.2) is 15.6 Å². The van der Waals surface area contributed by atoms with Crippen molar-refractivity contribution < 1.29 is 23.1 Å². The van der Waals surface area contributed by atoms with Crippen LogP contribution in [0.3, 0.4) is 0 Å². The lowest BCUT2D eigenvalue weighted by atomic mass is 10.0. The van der Waals surface area contributed by atoms with Gasteiger partial charge >= 0.3 is 12.1 Å². The molecule has 0 bridgehead atoms. The van der Waals surface area contributed by atoms with Crippen molar-refractivity contribution in [3.63, 3.8) is 0 Å². The smallest absolute Gasteiger partial charge is 0.417 e. The summed E-state index contributed by atoms with van der Waals surface area (Å²) in [5.74, 6) is -1.17. The molecule has 0 aliphatic rings. The molecule has 6 heteroatoms. The number of nitrogens with zero attached hydrogens (tertiary/aromatic N) is 1. The summed E-state index contributed by atoms with van der Waals surface area (Å²) in [5.41, 5.74) is -0.583. The lowest BCUT2D eigenvalue weighted by Crippen LogP contribution is -2.13. The third kappa shape index (κ3) is 2.79. The summed E-state index contributed by atoms with van der Waals surface area (Å²) >= 11 is 0. The van der Waals surface area contributed by atoms with E-state index in [1.54, 1.807) is 13.8 Å². The minimum atomic E-state index is -4.49. The molecule has 1 aromatic heterocycles. The molecule has 2 rings (SSSR count). The zero-order valence-corrected chi connectivity index (χ0v) is 11.5. The average molecular weight is 297 g/mol. The van der Waals surface area contributed by atoms with Gasteiger partial charge in [-0.25, -0.2) is 4.79 Å². The normalized spacial score (nSPS) is 11.9. The molecule has 0 saturated carbocycles. The number of aromatic nitrogens is 1. The lowest BCUT2D eigenvalue weighted by Gasteiger charge is -2.18. The van der Waals surface area contributed by atoms with Gasteiger partial charge in [0.2, 0.25) is 0 Å². The number of rotatable bonds is 3. The van der Waals surface area contributed by atoms with E-state index in [9.17, 15) is 18.0 Å². The average Bonchev–Trinajstić information content (AvgIpc) is 2.82. The van der Waals surface area contributed by atoms with Gasteiger partial charge in [0.1, 0.15) is 5.69 Å². The van der Waals surface area contributed by atoms with Gasteiger partial charge in [0.05, 0.1) is 5.56 Å². The van der Waals surface area contributed by atoms with E-state index in [1.807, 2.05) is 0 Å². The first kappa shape index (κ1) is 15.2. The maximum Gasteiger partial charge on any atom is 0.417 e. The molecule has 0 fully saturated rings. The summed E-state index contributed by atoms with van der Waals surface area (Å²) in [5, 5.41) is 9.16. The third-order valence-electron chi connectivity index (χ3n) is 3.16. The Morgan fingerprint density at radius 3 is 2.29 bits per heavy atom. The molecule has 112 valence electrons. The zero-order valence-electron chi connectivity index (χ0n) is 11.5. The van der Waals surface area contributed by atoms with Gasteiger partial charge in [-0.2, -0.15) is 13.2 Å². The second kappa shape index (κ2) is 5.27. The van der Waals surface area contributed by atoms with E-state index in [0.29, 0.717) is 0 Å². The number of carbonyl (C=O) groups is 1. The van der Waals surface area contributed by atoms with Gasteiger partial charge in [-0.05, 0) is 32.0 Å². The molecule has 0 aliphatic heterocycles. The van der Waals surface area contributed by atoms with Crippen LogP contribution < -0.4 is 0 Å². The highest BCUT2D eigenvalue weighted by molar-refractivity contribution is 5.88. The molecule has 21 heavy (non-hydrogen) atoms. The minimum absolute atomic E-state index is 0.0220. The van der Waals surface area contributed by atoms with Gasteiger partial charge in [0, 0.05) is 17.3 Å². The standard InChI is InChI=1S/C15H14F3NO2/c1-9(2)19-12(7-8-13(19)14(20)21)10-5-3-4-6-11(10)15(16,17)18/h3-9H,1-2H3,(H,20,21). The monoisotopic (exact) mass is 297 g/mol. The Kier molecular flexibility index (Phi) is 3.80. The predicted molar refractivity (Wildman–Crippen MR) is 72.2 cm³/mol. The van der Waals surface area contributed by atoms with Crippen LogP contribution in [0.4, 0.5) is 13.2 Å². The van der Waals surface area contributed by atoms with Crippen molar-refractivity contribution in [2.75, 3.05) is 0 Å². The number of benzene rings is 1. The van der Waals surface area contributed by atoms with E-state index in [4.69, 9.17) is 5.11 Å². The van der Waals surface area contributed by atoms with Gasteiger partial charge in [-0.3, -0.25) is 0 Å². The van der Waals surface area contributed by atoms with Gasteiger partial charge < -0.3 is 9.67 Å². The molecule has 0 saturated heterocycles. The van der Waals surface area contributed by atoms with Crippen molar-refractivity contribution in [3.8, 4) is 11.3 Å². The van der Waals surface area contributed by atoms with Crippen LogP contribution in [0, 0.1) is 0 Å². The fraction of sp³-hybridized carbons (Fsp3) is 0.267. The van der Waals surface area contributed by atoms with E-state index >= 15 is 0 Å². The Labute approximate surface area is 119 Å². The fourth-order valence-electron chi connectivity index (χ4n) is 2.35. The topological polar surface area (TPSA) is 42.2 Å². The largest absolute Gasteiger partial charge is 0.477 e. The summed E-state index contributed by atoms with van der Waals surface area (Å²) in [4.78, 5) is 11.2. The Morgan fingerprint density at radius 1 is 1.14 bits per heavy atom. The van der Waals surface area contributed by atoms with Crippen LogP contribution in [-0.2, 0) is 6.18 Å². The van der Waals surface area contributed by atoms with Gasteiger partial charge in [-0.1, -0.05) is 18.2 Å². The SMILES string of the molecule is CC(C)n1c(C(=O)O)ccc1-c1ccccc1C(F)(F)F. The van der Waals surface area contributed by atoms with Crippen LogP contribution in [0.5, 0.6) is 0 Å².